The van der Waals surface area contributed by atoms with Crippen LogP contribution in [-0.2, 0) is 0 Å². The van der Waals surface area contributed by atoms with Gasteiger partial charge in [0.2, 0.25) is 0 Å². The predicted octanol–water partition coefficient (Wildman–Crippen LogP) is 3.17. The molecule has 0 unspecified atom stereocenters. The zero-order chi connectivity index (χ0) is 7.54. The Bertz CT molecular complexity index is 30.2. The summed E-state index contributed by atoms with van der Waals surface area (Å²) in [4.78, 5) is 0. The molecule has 0 aromatic carbocycles. The predicted molar refractivity (Wildman–Crippen MR) is 61.5 cm³/mol. The van der Waals surface area contributed by atoms with Crippen molar-refractivity contribution < 1.29 is 0 Å². The Morgan fingerprint density at radius 1 is 1.22 bits per heavy atom. The second-order valence-corrected chi connectivity index (χ2v) is 1.71. The third kappa shape index (κ3) is 17.7. The molecule has 58 valence electrons. The van der Waals surface area contributed by atoms with Crippen LogP contribution in [0.5, 0.6) is 0 Å². The fourth-order valence-corrected chi connectivity index (χ4v) is 0.479. The van der Waals surface area contributed by atoms with Crippen molar-refractivity contribution >= 4 is 37.2 Å². The van der Waals surface area contributed by atoms with Crippen molar-refractivity contribution in [2.45, 2.75) is 26.7 Å². The van der Waals surface area contributed by atoms with Gasteiger partial charge >= 0.3 is 0 Å². The third-order valence-corrected chi connectivity index (χ3v) is 0.957. The molecule has 0 amide bonds. The molecule has 0 aliphatic heterocycles. The standard InChI is InChI=1S/C6H15N.I2/c1-3-5-6-7-4-2;1-2/h7H,3-6H2,1-2H3;. The molecule has 1 nitrogen and oxygen atoms in total. The van der Waals surface area contributed by atoms with E-state index in [0.29, 0.717) is 0 Å². The first-order chi connectivity index (χ1) is 4.41. The summed E-state index contributed by atoms with van der Waals surface area (Å²) in [5.74, 6) is 0. The van der Waals surface area contributed by atoms with Crippen LogP contribution in [0.4, 0.5) is 0 Å². The van der Waals surface area contributed by atoms with Crippen LogP contribution in [0.1, 0.15) is 26.7 Å². The number of rotatable bonds is 4. The fourth-order valence-electron chi connectivity index (χ4n) is 0.479. The lowest BCUT2D eigenvalue weighted by atomic mass is 10.3. The van der Waals surface area contributed by atoms with Crippen LogP contribution in [0, 0.1) is 0 Å². The summed E-state index contributed by atoms with van der Waals surface area (Å²) in [6, 6.07) is 0. The van der Waals surface area contributed by atoms with Crippen LogP contribution in [0.2, 0.25) is 0 Å². The molecule has 0 rings (SSSR count). The average molecular weight is 355 g/mol. The van der Waals surface area contributed by atoms with E-state index < -0.39 is 0 Å². The van der Waals surface area contributed by atoms with Crippen LogP contribution in [0.15, 0.2) is 0 Å². The highest BCUT2D eigenvalue weighted by Gasteiger charge is 1.77. The molecule has 1 N–H and O–H groups in total. The van der Waals surface area contributed by atoms with Gasteiger partial charge in [-0.05, 0) is 19.5 Å². The van der Waals surface area contributed by atoms with E-state index in [1.54, 1.807) is 0 Å². The maximum absolute atomic E-state index is 3.25. The van der Waals surface area contributed by atoms with Crippen LogP contribution < -0.4 is 5.32 Å². The summed E-state index contributed by atoms with van der Waals surface area (Å²) in [7, 11) is 0. The lowest BCUT2D eigenvalue weighted by molar-refractivity contribution is 0.663. The van der Waals surface area contributed by atoms with Gasteiger partial charge in [-0.2, -0.15) is 0 Å². The molecule has 0 bridgehead atoms. The monoisotopic (exact) mass is 355 g/mol. The van der Waals surface area contributed by atoms with Crippen LogP contribution >= 0.6 is 37.2 Å². The lowest BCUT2D eigenvalue weighted by Crippen LogP contribution is -2.13. The number of nitrogens with one attached hydrogen (secondary N) is 1. The van der Waals surface area contributed by atoms with E-state index in [0.717, 1.165) is 6.54 Å². The maximum atomic E-state index is 3.25. The summed E-state index contributed by atoms with van der Waals surface area (Å²) in [5.41, 5.74) is 0. The normalized spacial score (nSPS) is 8.00. The van der Waals surface area contributed by atoms with E-state index in [1.807, 2.05) is 0 Å². The molecule has 0 atom stereocenters. The zero-order valence-electron chi connectivity index (χ0n) is 6.08. The quantitative estimate of drug-likeness (QED) is 0.604. The van der Waals surface area contributed by atoms with E-state index in [4.69, 9.17) is 0 Å². The Balaban J connectivity index is 0. The van der Waals surface area contributed by atoms with E-state index in [-0.39, 0.29) is 0 Å². The topological polar surface area (TPSA) is 12.0 Å². The molecule has 9 heavy (non-hydrogen) atoms. The summed E-state index contributed by atoms with van der Waals surface area (Å²) in [6.07, 6.45) is 2.61. The first-order valence-corrected chi connectivity index (χ1v) is 9.55. The van der Waals surface area contributed by atoms with Crippen molar-refractivity contribution in [1.82, 2.24) is 5.32 Å². The maximum Gasteiger partial charge on any atom is 0 e. The SMILES string of the molecule is CCCCNCC.II. The zero-order valence-corrected chi connectivity index (χ0v) is 10.4. The van der Waals surface area contributed by atoms with Crippen molar-refractivity contribution in [2.75, 3.05) is 13.1 Å². The molecule has 0 saturated carbocycles. The Hall–Kier alpha value is 1.42. The van der Waals surface area contributed by atoms with Crippen molar-refractivity contribution in [2.24, 2.45) is 0 Å². The van der Waals surface area contributed by atoms with E-state index >= 15 is 0 Å². The number of unbranched alkanes of at least 4 members (excludes halogenated alkanes) is 1. The number of hydrogen-bond acceptors (Lipinski definition) is 1. The van der Waals surface area contributed by atoms with Gasteiger partial charge in [0, 0.05) is 37.2 Å². The molecule has 0 spiro atoms. The summed E-state index contributed by atoms with van der Waals surface area (Å²) >= 11 is 4.24. The molecule has 0 radical (unpaired) electrons. The third-order valence-electron chi connectivity index (χ3n) is 0.957. The molecular formula is C6H15I2N. The van der Waals surface area contributed by atoms with Crippen molar-refractivity contribution in [1.29, 1.82) is 0 Å². The molecule has 0 aromatic heterocycles. The highest BCUT2D eigenvalue weighted by molar-refractivity contribution is 15.0. The van der Waals surface area contributed by atoms with E-state index in [2.05, 4.69) is 56.4 Å². The molecule has 0 aliphatic rings. The summed E-state index contributed by atoms with van der Waals surface area (Å²) in [6.45, 7) is 6.64. The summed E-state index contributed by atoms with van der Waals surface area (Å²) in [5, 5.41) is 3.25. The molecule has 0 heterocycles. The van der Waals surface area contributed by atoms with Gasteiger partial charge in [-0.25, -0.2) is 0 Å². The number of hydrogen-bond donors (Lipinski definition) is 1. The minimum absolute atomic E-state index is 1.11. The van der Waals surface area contributed by atoms with Crippen molar-refractivity contribution in [3.05, 3.63) is 0 Å². The molecular weight excluding hydrogens is 340 g/mol. The van der Waals surface area contributed by atoms with Gasteiger partial charge < -0.3 is 5.32 Å². The second-order valence-electron chi connectivity index (χ2n) is 1.71. The number of halogens is 2. The first-order valence-electron chi connectivity index (χ1n) is 3.26. The van der Waals surface area contributed by atoms with Gasteiger partial charge in [-0.15, -0.1) is 0 Å². The van der Waals surface area contributed by atoms with Crippen molar-refractivity contribution in [3.63, 3.8) is 0 Å². The van der Waals surface area contributed by atoms with Crippen molar-refractivity contribution in [3.8, 4) is 0 Å². The Morgan fingerprint density at radius 2 is 1.78 bits per heavy atom. The van der Waals surface area contributed by atoms with Crippen LogP contribution in [0.3, 0.4) is 0 Å². The minimum atomic E-state index is 1.11. The largest absolute Gasteiger partial charge is 0.317 e. The Kier molecular flexibility index (Phi) is 23.5. The van der Waals surface area contributed by atoms with Crippen LogP contribution in [0.25, 0.3) is 0 Å². The molecule has 0 fully saturated rings. The van der Waals surface area contributed by atoms with Gasteiger partial charge in [0.05, 0.1) is 0 Å². The first kappa shape index (κ1) is 13.0. The minimum Gasteiger partial charge on any atom is -0.317 e. The highest BCUT2D eigenvalue weighted by atomic mass is 128. The molecule has 0 saturated heterocycles. The lowest BCUT2D eigenvalue weighted by Gasteiger charge is -1.95. The Labute approximate surface area is 81.7 Å². The average Bonchev–Trinajstić information content (AvgIpc) is 1.94. The van der Waals surface area contributed by atoms with Gasteiger partial charge in [0.15, 0.2) is 0 Å². The Morgan fingerprint density at radius 3 is 2.11 bits per heavy atom. The molecule has 0 aliphatic carbocycles. The van der Waals surface area contributed by atoms with Gasteiger partial charge in [-0.1, -0.05) is 20.3 Å². The van der Waals surface area contributed by atoms with E-state index in [1.165, 1.54) is 19.4 Å². The molecule has 0 aromatic rings. The second kappa shape index (κ2) is 16.2. The smallest absolute Gasteiger partial charge is 0 e. The van der Waals surface area contributed by atoms with E-state index in [9.17, 15) is 0 Å². The highest BCUT2D eigenvalue weighted by Crippen LogP contribution is 1.89. The van der Waals surface area contributed by atoms with Crippen LogP contribution in [-0.4, -0.2) is 13.1 Å². The van der Waals surface area contributed by atoms with Gasteiger partial charge in [0.1, 0.15) is 0 Å². The molecule has 3 heteroatoms. The fraction of sp³-hybridized carbons (Fsp3) is 1.00. The summed E-state index contributed by atoms with van der Waals surface area (Å²) < 4.78 is 0. The van der Waals surface area contributed by atoms with Gasteiger partial charge in [-0.3, -0.25) is 0 Å². The van der Waals surface area contributed by atoms with Gasteiger partial charge in [0.25, 0.3) is 0 Å².